The number of hydrogen-bond acceptors (Lipinski definition) is 2. The van der Waals surface area contributed by atoms with Crippen LogP contribution in [0.25, 0.3) is 0 Å². The summed E-state index contributed by atoms with van der Waals surface area (Å²) in [6, 6.07) is 0. The van der Waals surface area contributed by atoms with Crippen LogP contribution in [0.1, 0.15) is 13.8 Å². The largest absolute Gasteiger partial charge is 0.253 e. The van der Waals surface area contributed by atoms with Gasteiger partial charge in [-0.1, -0.05) is 0 Å². The second-order valence-electron chi connectivity index (χ2n) is 1.75. The highest BCUT2D eigenvalue weighted by molar-refractivity contribution is 7.84. The monoisotopic (exact) mass is 142 g/mol. The molecule has 0 aromatic carbocycles. The Morgan fingerprint density at radius 2 is 2.11 bits per heavy atom. The smallest absolute Gasteiger partial charge is 0.115 e. The quantitative estimate of drug-likeness (QED) is 0.346. The van der Waals surface area contributed by atoms with E-state index in [-0.39, 0.29) is 0 Å². The Bertz CT molecular complexity index is 154. The maximum atomic E-state index is 4.05. The van der Waals surface area contributed by atoms with Crippen LogP contribution in [0.5, 0.6) is 0 Å². The van der Waals surface area contributed by atoms with E-state index >= 15 is 0 Å². The van der Waals surface area contributed by atoms with Crippen molar-refractivity contribution >= 4 is 25.7 Å². The number of nitrogens with zero attached hydrogens (tertiary/aromatic N) is 2. The predicted octanol–water partition coefficient (Wildman–Crippen LogP) is 1.90. The summed E-state index contributed by atoms with van der Waals surface area (Å²) in [4.78, 5) is 7.27. The highest BCUT2D eigenvalue weighted by Crippen LogP contribution is 2.07. The van der Waals surface area contributed by atoms with Gasteiger partial charge in [-0.2, -0.15) is 0 Å². The van der Waals surface area contributed by atoms with Crippen molar-refractivity contribution in [3.05, 3.63) is 10.6 Å². The van der Waals surface area contributed by atoms with Crippen LogP contribution >= 0.6 is 12.6 Å². The molecule has 0 fully saturated rings. The first-order valence-electron chi connectivity index (χ1n) is 2.53. The van der Waals surface area contributed by atoms with Gasteiger partial charge < -0.3 is 0 Å². The number of rotatable bonds is 2. The first kappa shape index (κ1) is 8.43. The molecule has 9 heavy (non-hydrogen) atoms. The molecule has 50 valence electrons. The van der Waals surface area contributed by atoms with Gasteiger partial charge in [-0.05, 0) is 26.1 Å². The molecule has 2 nitrogen and oxygen atoms in total. The first-order valence-corrected chi connectivity index (χ1v) is 2.98. The van der Waals surface area contributed by atoms with Crippen LogP contribution in [-0.2, 0) is 0 Å². The Hall–Kier alpha value is -0.570. The Balaban J connectivity index is 4.06. The van der Waals surface area contributed by atoms with Gasteiger partial charge in [0.1, 0.15) is 6.34 Å². The fourth-order valence-corrected chi connectivity index (χ4v) is 0.276. The molecule has 0 heterocycles. The van der Waals surface area contributed by atoms with Crippen molar-refractivity contribution in [1.82, 2.24) is 0 Å². The maximum Gasteiger partial charge on any atom is 0.115 e. The molecule has 3 heteroatoms. The molecule has 0 bridgehead atoms. The van der Waals surface area contributed by atoms with Gasteiger partial charge in [0.15, 0.2) is 0 Å². The zero-order valence-electron chi connectivity index (χ0n) is 5.63. The summed E-state index contributed by atoms with van der Waals surface area (Å²) in [7, 11) is 0. The molecule has 0 saturated heterocycles. The van der Waals surface area contributed by atoms with Crippen LogP contribution < -0.4 is 0 Å². The van der Waals surface area contributed by atoms with Crippen molar-refractivity contribution < 1.29 is 0 Å². The van der Waals surface area contributed by atoms with Gasteiger partial charge in [0.2, 0.25) is 0 Å². The minimum absolute atomic E-state index is 0.697. The van der Waals surface area contributed by atoms with Crippen molar-refractivity contribution in [3.8, 4) is 0 Å². The SMILES string of the molecule is C=N/C=N\C(S)=C(C)C. The van der Waals surface area contributed by atoms with Crippen LogP contribution in [-0.4, -0.2) is 13.1 Å². The molecule has 0 radical (unpaired) electrons. The molecular weight excluding hydrogens is 132 g/mol. The Kier molecular flexibility index (Phi) is 4.05. The van der Waals surface area contributed by atoms with E-state index in [1.54, 1.807) is 0 Å². The topological polar surface area (TPSA) is 24.7 Å². The van der Waals surface area contributed by atoms with E-state index < -0.39 is 0 Å². The van der Waals surface area contributed by atoms with E-state index in [2.05, 4.69) is 29.3 Å². The van der Waals surface area contributed by atoms with E-state index in [0.29, 0.717) is 5.03 Å². The molecule has 0 unspecified atom stereocenters. The van der Waals surface area contributed by atoms with E-state index in [1.165, 1.54) is 6.34 Å². The lowest BCUT2D eigenvalue weighted by atomic mass is 10.4. The summed E-state index contributed by atoms with van der Waals surface area (Å²) < 4.78 is 0. The molecule has 0 aliphatic rings. The van der Waals surface area contributed by atoms with Gasteiger partial charge in [-0.25, -0.2) is 4.99 Å². The molecular formula is C6H10N2S. The minimum Gasteiger partial charge on any atom is -0.253 e. The summed E-state index contributed by atoms with van der Waals surface area (Å²) in [5.41, 5.74) is 1.07. The third-order valence-corrected chi connectivity index (χ3v) is 1.27. The number of thiol groups is 1. The fourth-order valence-electron chi connectivity index (χ4n) is 0.225. The Labute approximate surface area is 60.8 Å². The molecule has 0 aromatic heterocycles. The van der Waals surface area contributed by atoms with Gasteiger partial charge in [-0.3, -0.25) is 4.99 Å². The van der Waals surface area contributed by atoms with Crippen LogP contribution in [0.2, 0.25) is 0 Å². The lowest BCUT2D eigenvalue weighted by Crippen LogP contribution is -1.71. The molecule has 0 N–H and O–H groups in total. The van der Waals surface area contributed by atoms with Crippen molar-refractivity contribution in [1.29, 1.82) is 0 Å². The lowest BCUT2D eigenvalue weighted by molar-refractivity contribution is 1.31. The van der Waals surface area contributed by atoms with Crippen LogP contribution in [0, 0.1) is 0 Å². The number of allylic oxidation sites excluding steroid dienone is 1. The van der Waals surface area contributed by atoms with Crippen LogP contribution in [0.4, 0.5) is 0 Å². The minimum atomic E-state index is 0.697. The molecule has 0 aliphatic heterocycles. The molecule has 0 aliphatic carbocycles. The van der Waals surface area contributed by atoms with Gasteiger partial charge in [0, 0.05) is 0 Å². The normalized spacial score (nSPS) is 9.67. The van der Waals surface area contributed by atoms with Crippen molar-refractivity contribution in [2.75, 3.05) is 0 Å². The van der Waals surface area contributed by atoms with Gasteiger partial charge in [0.25, 0.3) is 0 Å². The number of hydrogen-bond donors (Lipinski definition) is 1. The number of aliphatic imine (C=N–C) groups is 2. The van der Waals surface area contributed by atoms with Crippen molar-refractivity contribution in [2.45, 2.75) is 13.8 Å². The second kappa shape index (κ2) is 4.32. The first-order chi connectivity index (χ1) is 4.18. The Morgan fingerprint density at radius 3 is 2.44 bits per heavy atom. The molecule has 0 aromatic rings. The fraction of sp³-hybridized carbons (Fsp3) is 0.333. The zero-order valence-corrected chi connectivity index (χ0v) is 6.52. The molecule has 0 rings (SSSR count). The highest BCUT2D eigenvalue weighted by Gasteiger charge is 1.84. The highest BCUT2D eigenvalue weighted by atomic mass is 32.1. The van der Waals surface area contributed by atoms with E-state index in [1.807, 2.05) is 13.8 Å². The van der Waals surface area contributed by atoms with E-state index in [0.717, 1.165) is 5.57 Å². The summed E-state index contributed by atoms with van der Waals surface area (Å²) in [5.74, 6) is 0. The zero-order chi connectivity index (χ0) is 7.28. The van der Waals surface area contributed by atoms with Crippen LogP contribution in [0.15, 0.2) is 20.6 Å². The van der Waals surface area contributed by atoms with E-state index in [4.69, 9.17) is 0 Å². The molecule has 0 spiro atoms. The van der Waals surface area contributed by atoms with E-state index in [9.17, 15) is 0 Å². The van der Waals surface area contributed by atoms with Crippen LogP contribution in [0.3, 0.4) is 0 Å². The summed E-state index contributed by atoms with van der Waals surface area (Å²) in [6.45, 7) is 7.10. The summed E-state index contributed by atoms with van der Waals surface area (Å²) in [5, 5.41) is 0.697. The molecule has 0 amide bonds. The standard InChI is InChI=1S/C6H10N2S/c1-5(2)6(9)8-4-7-3/h4,9H,3H2,1-2H3/b8-4-. The predicted molar refractivity (Wildman–Crippen MR) is 45.4 cm³/mol. The Morgan fingerprint density at radius 1 is 1.56 bits per heavy atom. The summed E-state index contributed by atoms with van der Waals surface area (Å²) in [6.07, 6.45) is 1.37. The van der Waals surface area contributed by atoms with Gasteiger partial charge in [0.05, 0.1) is 5.03 Å². The second-order valence-corrected chi connectivity index (χ2v) is 2.17. The summed E-state index contributed by atoms with van der Waals surface area (Å²) >= 11 is 4.05. The third kappa shape index (κ3) is 3.97. The average molecular weight is 142 g/mol. The average Bonchev–Trinajstić information content (AvgIpc) is 1.82. The molecule has 0 atom stereocenters. The lowest BCUT2D eigenvalue weighted by Gasteiger charge is -1.90. The van der Waals surface area contributed by atoms with Gasteiger partial charge in [-0.15, -0.1) is 12.6 Å². The van der Waals surface area contributed by atoms with Gasteiger partial charge >= 0.3 is 0 Å². The van der Waals surface area contributed by atoms with Crippen molar-refractivity contribution in [2.24, 2.45) is 9.98 Å². The maximum absolute atomic E-state index is 4.05. The van der Waals surface area contributed by atoms with Crippen molar-refractivity contribution in [3.63, 3.8) is 0 Å². The third-order valence-electron chi connectivity index (χ3n) is 0.709. The molecule has 0 saturated carbocycles.